The number of anilines is 1. The Kier molecular flexibility index (Phi) is 6.36. The molecule has 1 rings (SSSR count). The van der Waals surface area contributed by atoms with Crippen LogP contribution in [0.2, 0.25) is 0 Å². The van der Waals surface area contributed by atoms with Crippen LogP contribution in [0.3, 0.4) is 0 Å². The average Bonchev–Trinajstić information content (AvgIpc) is 2.36. The van der Waals surface area contributed by atoms with Gasteiger partial charge < -0.3 is 20.1 Å². The molecule has 0 saturated carbocycles. The van der Waals surface area contributed by atoms with Gasteiger partial charge in [-0.25, -0.2) is 0 Å². The minimum atomic E-state index is -1.10. The summed E-state index contributed by atoms with van der Waals surface area (Å²) in [5.74, 6) is -1.10. The highest BCUT2D eigenvalue weighted by atomic mass is 16.4. The maximum absolute atomic E-state index is 11.1. The van der Waals surface area contributed by atoms with Gasteiger partial charge in [-0.05, 0) is 44.6 Å². The Labute approximate surface area is 115 Å². The molecular weight excluding hydrogens is 240 g/mol. The van der Waals surface area contributed by atoms with Crippen molar-refractivity contribution < 1.29 is 9.90 Å². The molecule has 0 unspecified atom stereocenters. The molecule has 0 spiro atoms. The number of rotatable bonds is 8. The van der Waals surface area contributed by atoms with Crippen LogP contribution in [0.15, 0.2) is 18.2 Å². The number of hydrogen-bond donors (Lipinski definition) is 1. The second kappa shape index (κ2) is 7.79. The number of aromatic carboxylic acids is 1. The molecule has 4 heteroatoms. The topological polar surface area (TPSA) is 55.4 Å². The fraction of sp³-hybridized carbons (Fsp3) is 0.533. The molecule has 0 saturated heterocycles. The van der Waals surface area contributed by atoms with Crippen LogP contribution < -0.4 is 10.4 Å². The van der Waals surface area contributed by atoms with Crippen LogP contribution in [-0.2, 0) is 6.42 Å². The minimum Gasteiger partial charge on any atom is -0.545 e. The molecule has 19 heavy (non-hydrogen) atoms. The number of carbonyl (C=O) groups excluding carboxylic acids is 1. The van der Waals surface area contributed by atoms with Gasteiger partial charge in [0.15, 0.2) is 0 Å². The van der Waals surface area contributed by atoms with Gasteiger partial charge in [0.2, 0.25) is 0 Å². The highest BCUT2D eigenvalue weighted by Crippen LogP contribution is 2.17. The van der Waals surface area contributed by atoms with Gasteiger partial charge in [0.05, 0.1) is 5.97 Å². The van der Waals surface area contributed by atoms with Gasteiger partial charge in [0.25, 0.3) is 0 Å². The number of unbranched alkanes of at least 4 members (excludes halogenated alkanes) is 1. The first-order valence-corrected chi connectivity index (χ1v) is 6.77. The van der Waals surface area contributed by atoms with Gasteiger partial charge in [-0.3, -0.25) is 0 Å². The Morgan fingerprint density at radius 2 is 2.11 bits per heavy atom. The lowest BCUT2D eigenvalue weighted by atomic mass is 10.0. The number of nitrogens with one attached hydrogen (secondary N) is 1. The molecule has 0 fully saturated rings. The third-order valence-corrected chi connectivity index (χ3v) is 3.01. The fourth-order valence-electron chi connectivity index (χ4n) is 1.86. The molecular formula is C15H23N2O2-. The molecule has 0 bridgehead atoms. The predicted octanol–water partition coefficient (Wildman–Crippen LogP) is 1.37. The molecule has 0 aliphatic heterocycles. The van der Waals surface area contributed by atoms with Gasteiger partial charge in [-0.1, -0.05) is 19.4 Å². The summed E-state index contributed by atoms with van der Waals surface area (Å²) in [5, 5.41) is 14.4. The van der Waals surface area contributed by atoms with Crippen LogP contribution in [0, 0.1) is 0 Å². The predicted molar refractivity (Wildman–Crippen MR) is 76.4 cm³/mol. The Morgan fingerprint density at radius 3 is 2.68 bits per heavy atom. The van der Waals surface area contributed by atoms with Gasteiger partial charge >= 0.3 is 0 Å². The first-order valence-electron chi connectivity index (χ1n) is 6.77. The Balaban J connectivity index is 2.81. The molecule has 0 atom stereocenters. The van der Waals surface area contributed by atoms with E-state index >= 15 is 0 Å². The average molecular weight is 263 g/mol. The van der Waals surface area contributed by atoms with E-state index in [0.29, 0.717) is 12.0 Å². The number of nitrogens with zero attached hydrogens (tertiary/aromatic N) is 1. The van der Waals surface area contributed by atoms with E-state index in [9.17, 15) is 9.90 Å². The van der Waals surface area contributed by atoms with Gasteiger partial charge in [0, 0.05) is 24.3 Å². The summed E-state index contributed by atoms with van der Waals surface area (Å²) in [6.07, 6.45) is 2.95. The van der Waals surface area contributed by atoms with Crippen LogP contribution >= 0.6 is 0 Å². The highest BCUT2D eigenvalue weighted by Gasteiger charge is 2.05. The summed E-state index contributed by atoms with van der Waals surface area (Å²) < 4.78 is 0. The van der Waals surface area contributed by atoms with Gasteiger partial charge in [-0.2, -0.15) is 0 Å². The SMILES string of the molecule is CCCCNc1ccc(C(=O)[O-])c(CCN(C)C)c1. The molecule has 1 aromatic carbocycles. The second-order valence-corrected chi connectivity index (χ2v) is 4.99. The molecule has 0 aliphatic rings. The molecule has 4 nitrogen and oxygen atoms in total. The van der Waals surface area contributed by atoms with Crippen molar-refractivity contribution in [3.8, 4) is 0 Å². The third kappa shape index (κ3) is 5.30. The van der Waals surface area contributed by atoms with E-state index in [1.165, 1.54) is 0 Å². The molecule has 106 valence electrons. The first kappa shape index (κ1) is 15.5. The van der Waals surface area contributed by atoms with Crippen molar-refractivity contribution in [3.63, 3.8) is 0 Å². The number of carboxylic acids is 1. The van der Waals surface area contributed by atoms with Crippen LogP contribution in [0.5, 0.6) is 0 Å². The zero-order valence-electron chi connectivity index (χ0n) is 12.0. The zero-order valence-corrected chi connectivity index (χ0v) is 12.0. The molecule has 1 N–H and O–H groups in total. The molecule has 0 heterocycles. The van der Waals surface area contributed by atoms with Crippen LogP contribution in [0.25, 0.3) is 0 Å². The van der Waals surface area contributed by atoms with E-state index < -0.39 is 5.97 Å². The molecule has 0 aromatic heterocycles. The van der Waals surface area contributed by atoms with Crippen LogP contribution in [-0.4, -0.2) is 38.1 Å². The van der Waals surface area contributed by atoms with E-state index in [1.807, 2.05) is 25.1 Å². The maximum Gasteiger partial charge on any atom is 0.0718 e. The Morgan fingerprint density at radius 1 is 1.37 bits per heavy atom. The lowest BCUT2D eigenvalue weighted by Gasteiger charge is -2.16. The first-order chi connectivity index (χ1) is 9.04. The smallest absolute Gasteiger partial charge is 0.0718 e. The summed E-state index contributed by atoms with van der Waals surface area (Å²) in [4.78, 5) is 13.1. The van der Waals surface area contributed by atoms with E-state index in [4.69, 9.17) is 0 Å². The van der Waals surface area contributed by atoms with E-state index in [-0.39, 0.29) is 0 Å². The van der Waals surface area contributed by atoms with E-state index in [0.717, 1.165) is 37.2 Å². The normalized spacial score (nSPS) is 10.7. The van der Waals surface area contributed by atoms with Crippen molar-refractivity contribution in [2.75, 3.05) is 32.5 Å². The zero-order chi connectivity index (χ0) is 14.3. The minimum absolute atomic E-state index is 0.294. The van der Waals surface area contributed by atoms with Crippen molar-refractivity contribution in [3.05, 3.63) is 29.3 Å². The van der Waals surface area contributed by atoms with Crippen molar-refractivity contribution >= 4 is 11.7 Å². The summed E-state index contributed by atoms with van der Waals surface area (Å²) in [6.45, 7) is 3.87. The third-order valence-electron chi connectivity index (χ3n) is 3.01. The van der Waals surface area contributed by atoms with E-state index in [2.05, 4.69) is 12.2 Å². The largest absolute Gasteiger partial charge is 0.545 e. The molecule has 0 aliphatic carbocycles. The van der Waals surface area contributed by atoms with Crippen molar-refractivity contribution in [1.29, 1.82) is 0 Å². The Bertz CT molecular complexity index is 417. The van der Waals surface area contributed by atoms with Crippen LogP contribution in [0.4, 0.5) is 5.69 Å². The van der Waals surface area contributed by atoms with Gasteiger partial charge in [0.1, 0.15) is 0 Å². The Hall–Kier alpha value is -1.55. The summed E-state index contributed by atoms with van der Waals surface area (Å²) in [5.41, 5.74) is 2.10. The van der Waals surface area contributed by atoms with Crippen molar-refractivity contribution in [2.45, 2.75) is 26.2 Å². The fourth-order valence-corrected chi connectivity index (χ4v) is 1.86. The highest BCUT2D eigenvalue weighted by molar-refractivity contribution is 5.88. The van der Waals surface area contributed by atoms with Crippen LogP contribution in [0.1, 0.15) is 35.7 Å². The van der Waals surface area contributed by atoms with Crippen molar-refractivity contribution in [1.82, 2.24) is 4.90 Å². The van der Waals surface area contributed by atoms with Gasteiger partial charge in [-0.15, -0.1) is 0 Å². The van der Waals surface area contributed by atoms with E-state index in [1.54, 1.807) is 12.1 Å². The maximum atomic E-state index is 11.1. The lowest BCUT2D eigenvalue weighted by Crippen LogP contribution is -2.25. The van der Waals surface area contributed by atoms with Crippen molar-refractivity contribution in [2.24, 2.45) is 0 Å². The molecule has 0 amide bonds. The number of hydrogen-bond acceptors (Lipinski definition) is 4. The summed E-state index contributed by atoms with van der Waals surface area (Å²) in [6, 6.07) is 5.36. The monoisotopic (exact) mass is 263 g/mol. The lowest BCUT2D eigenvalue weighted by molar-refractivity contribution is -0.255. The quantitative estimate of drug-likeness (QED) is 0.720. The summed E-state index contributed by atoms with van der Waals surface area (Å²) in [7, 11) is 3.95. The molecule has 1 aromatic rings. The number of carboxylic acid groups (broad SMARTS) is 1. The number of likely N-dealkylation sites (N-methyl/N-ethyl adjacent to an activating group) is 1. The standard InChI is InChI=1S/C15H24N2O2/c1-4-5-9-16-13-6-7-14(15(18)19)12(11-13)8-10-17(2)3/h6-7,11,16H,4-5,8-10H2,1-3H3,(H,18,19)/p-1. The molecule has 0 radical (unpaired) electrons. The number of benzene rings is 1. The number of carbonyl (C=O) groups is 1. The summed E-state index contributed by atoms with van der Waals surface area (Å²) >= 11 is 0. The second-order valence-electron chi connectivity index (χ2n) is 4.99.